The maximum absolute atomic E-state index is 14.3. The molecule has 1 aromatic heterocycles. The van der Waals surface area contributed by atoms with Crippen LogP contribution in [0.5, 0.6) is 0 Å². The number of carbonyl (C=O) groups excluding carboxylic acids is 1. The van der Waals surface area contributed by atoms with Crippen LogP contribution in [0.4, 0.5) is 25.0 Å². The van der Waals surface area contributed by atoms with E-state index < -0.39 is 17.7 Å². The summed E-state index contributed by atoms with van der Waals surface area (Å²) in [4.78, 5) is 17.9. The fraction of sp³-hybridized carbons (Fsp3) is 0.333. The number of nitrogens with zero attached hydrogens (tertiary/aromatic N) is 2. The highest BCUT2D eigenvalue weighted by Crippen LogP contribution is 2.29. The minimum absolute atomic E-state index is 0.0229. The van der Waals surface area contributed by atoms with E-state index in [4.69, 9.17) is 0 Å². The maximum Gasteiger partial charge on any atom is 0.319 e. The zero-order valence-electron chi connectivity index (χ0n) is 13.9. The fourth-order valence-electron chi connectivity index (χ4n) is 2.95. The van der Waals surface area contributed by atoms with E-state index in [1.165, 1.54) is 0 Å². The Balaban J connectivity index is 1.67. The molecule has 2 N–H and O–H groups in total. The van der Waals surface area contributed by atoms with Crippen LogP contribution in [0.25, 0.3) is 0 Å². The minimum atomic E-state index is -0.671. The van der Waals surface area contributed by atoms with Crippen LogP contribution in [0.15, 0.2) is 36.5 Å². The molecule has 132 valence electrons. The number of benzene rings is 1. The van der Waals surface area contributed by atoms with Crippen LogP contribution in [0, 0.1) is 11.6 Å². The quantitative estimate of drug-likeness (QED) is 0.884. The van der Waals surface area contributed by atoms with E-state index >= 15 is 0 Å². The first-order valence-corrected chi connectivity index (χ1v) is 8.27. The molecule has 0 aliphatic carbocycles. The van der Waals surface area contributed by atoms with Gasteiger partial charge in [0.15, 0.2) is 11.6 Å². The van der Waals surface area contributed by atoms with Crippen molar-refractivity contribution >= 4 is 17.4 Å². The van der Waals surface area contributed by atoms with Gasteiger partial charge in [-0.15, -0.1) is 0 Å². The number of amides is 2. The van der Waals surface area contributed by atoms with E-state index in [2.05, 4.69) is 15.6 Å². The summed E-state index contributed by atoms with van der Waals surface area (Å²) in [5.41, 5.74) is 0.744. The van der Waals surface area contributed by atoms with Crippen LogP contribution in [-0.4, -0.2) is 24.1 Å². The summed E-state index contributed by atoms with van der Waals surface area (Å²) >= 11 is 0. The van der Waals surface area contributed by atoms with E-state index in [0.29, 0.717) is 18.8 Å². The van der Waals surface area contributed by atoms with Crippen molar-refractivity contribution in [2.45, 2.75) is 25.8 Å². The molecule has 0 spiro atoms. The number of anilines is 2. The van der Waals surface area contributed by atoms with Crippen LogP contribution in [0.3, 0.4) is 0 Å². The summed E-state index contributed by atoms with van der Waals surface area (Å²) in [6, 6.07) is 6.79. The second-order valence-corrected chi connectivity index (χ2v) is 6.06. The van der Waals surface area contributed by atoms with E-state index in [-0.39, 0.29) is 17.4 Å². The highest BCUT2D eigenvalue weighted by molar-refractivity contribution is 5.89. The average molecular weight is 346 g/mol. The van der Waals surface area contributed by atoms with Gasteiger partial charge >= 0.3 is 6.03 Å². The van der Waals surface area contributed by atoms with Gasteiger partial charge in [0.05, 0.1) is 11.7 Å². The third-order valence-electron chi connectivity index (χ3n) is 4.18. The van der Waals surface area contributed by atoms with Crippen LogP contribution < -0.4 is 15.5 Å². The predicted octanol–water partition coefficient (Wildman–Crippen LogP) is 3.84. The number of rotatable bonds is 4. The highest BCUT2D eigenvalue weighted by atomic mass is 19.1. The first kappa shape index (κ1) is 17.1. The van der Waals surface area contributed by atoms with Crippen molar-refractivity contribution in [1.29, 1.82) is 0 Å². The Morgan fingerprint density at radius 3 is 2.48 bits per heavy atom. The lowest BCUT2D eigenvalue weighted by Gasteiger charge is -2.20. The molecule has 1 aliphatic rings. The number of aromatic nitrogens is 1. The van der Waals surface area contributed by atoms with Crippen molar-refractivity contribution < 1.29 is 13.6 Å². The van der Waals surface area contributed by atoms with E-state index in [0.717, 1.165) is 25.0 Å². The van der Waals surface area contributed by atoms with Crippen molar-refractivity contribution in [2.24, 2.45) is 0 Å². The summed E-state index contributed by atoms with van der Waals surface area (Å²) in [6.07, 6.45) is 3.48. The molecule has 7 heteroatoms. The second kappa shape index (κ2) is 7.46. The first-order valence-electron chi connectivity index (χ1n) is 8.27. The third kappa shape index (κ3) is 4.04. The number of hydrogen-bond acceptors (Lipinski definition) is 3. The Bertz CT molecular complexity index is 725. The molecule has 2 heterocycles. The fourth-order valence-corrected chi connectivity index (χ4v) is 2.95. The number of carbonyl (C=O) groups is 1. The summed E-state index contributed by atoms with van der Waals surface area (Å²) in [6.45, 7) is 3.06. The molecule has 0 saturated carbocycles. The van der Waals surface area contributed by atoms with Crippen molar-refractivity contribution in [3.63, 3.8) is 0 Å². The molecular formula is C18H20F2N4O. The van der Waals surface area contributed by atoms with Gasteiger partial charge in [-0.2, -0.15) is 0 Å². The molecule has 2 aromatic rings. The molecule has 0 bridgehead atoms. The normalized spacial score (nSPS) is 15.1. The van der Waals surface area contributed by atoms with E-state index in [9.17, 15) is 13.6 Å². The number of hydrogen-bond donors (Lipinski definition) is 2. The molecule has 3 rings (SSSR count). The van der Waals surface area contributed by atoms with Gasteiger partial charge in [-0.05, 0) is 44.0 Å². The molecule has 1 unspecified atom stereocenters. The molecule has 0 radical (unpaired) electrons. The smallest absolute Gasteiger partial charge is 0.319 e. The minimum Gasteiger partial charge on any atom is -0.367 e. The van der Waals surface area contributed by atoms with Crippen molar-refractivity contribution in [3.8, 4) is 0 Å². The predicted molar refractivity (Wildman–Crippen MR) is 92.6 cm³/mol. The van der Waals surface area contributed by atoms with Gasteiger partial charge in [-0.25, -0.2) is 13.6 Å². The van der Waals surface area contributed by atoms with Gasteiger partial charge in [0.2, 0.25) is 0 Å². The zero-order chi connectivity index (χ0) is 17.8. The summed E-state index contributed by atoms with van der Waals surface area (Å²) in [7, 11) is 0. The lowest BCUT2D eigenvalue weighted by molar-refractivity contribution is 0.249. The second-order valence-electron chi connectivity index (χ2n) is 6.06. The molecule has 1 aliphatic heterocycles. The van der Waals surface area contributed by atoms with Gasteiger partial charge in [-0.1, -0.05) is 6.07 Å². The highest BCUT2D eigenvalue weighted by Gasteiger charge is 2.21. The molecular weight excluding hydrogens is 326 g/mol. The molecule has 25 heavy (non-hydrogen) atoms. The Hall–Kier alpha value is -2.70. The van der Waals surface area contributed by atoms with Crippen LogP contribution >= 0.6 is 0 Å². The number of pyridine rings is 1. The average Bonchev–Trinajstić information content (AvgIpc) is 3.09. The maximum atomic E-state index is 14.3. The zero-order valence-corrected chi connectivity index (χ0v) is 13.9. The summed E-state index contributed by atoms with van der Waals surface area (Å²) < 4.78 is 28.6. The monoisotopic (exact) mass is 346 g/mol. The third-order valence-corrected chi connectivity index (χ3v) is 4.18. The Morgan fingerprint density at radius 1 is 1.20 bits per heavy atom. The molecule has 2 amide bonds. The lowest BCUT2D eigenvalue weighted by Crippen LogP contribution is -2.31. The Kier molecular flexibility index (Phi) is 5.11. The van der Waals surface area contributed by atoms with Crippen LogP contribution in [0.2, 0.25) is 0 Å². The van der Waals surface area contributed by atoms with E-state index in [1.54, 1.807) is 30.2 Å². The summed E-state index contributed by atoms with van der Waals surface area (Å²) in [5.74, 6) is -1.34. The van der Waals surface area contributed by atoms with Crippen molar-refractivity contribution in [1.82, 2.24) is 10.3 Å². The van der Waals surface area contributed by atoms with Gasteiger partial charge < -0.3 is 15.5 Å². The van der Waals surface area contributed by atoms with Gasteiger partial charge in [0.25, 0.3) is 0 Å². The topological polar surface area (TPSA) is 57.3 Å². The number of urea groups is 1. The largest absolute Gasteiger partial charge is 0.367 e. The lowest BCUT2D eigenvalue weighted by atomic mass is 10.2. The molecule has 1 saturated heterocycles. The summed E-state index contributed by atoms with van der Waals surface area (Å²) in [5, 5.41) is 5.15. The Morgan fingerprint density at radius 2 is 1.88 bits per heavy atom. The SMILES string of the molecule is CC(NC(=O)Nc1cc(F)c(N2CCCC2)c(F)c1)c1ccccn1. The standard InChI is InChI=1S/C18H20F2N4O/c1-12(16-6-2-3-7-21-16)22-18(25)23-13-10-14(19)17(15(20)11-13)24-8-4-5-9-24/h2-3,6-7,10-12H,4-5,8-9H2,1H3,(H2,22,23,25). The molecule has 1 atom stereocenters. The Labute approximate surface area is 145 Å². The molecule has 1 fully saturated rings. The van der Waals surface area contributed by atoms with Crippen LogP contribution in [0.1, 0.15) is 31.5 Å². The van der Waals surface area contributed by atoms with Crippen LogP contribution in [-0.2, 0) is 0 Å². The van der Waals surface area contributed by atoms with Gasteiger partial charge in [-0.3, -0.25) is 4.98 Å². The van der Waals surface area contributed by atoms with E-state index in [1.807, 2.05) is 6.07 Å². The number of halogens is 2. The van der Waals surface area contributed by atoms with Crippen molar-refractivity contribution in [2.75, 3.05) is 23.3 Å². The van der Waals surface area contributed by atoms with Gasteiger partial charge in [0.1, 0.15) is 5.69 Å². The molecule has 1 aromatic carbocycles. The number of nitrogens with one attached hydrogen (secondary N) is 2. The first-order chi connectivity index (χ1) is 12.0. The molecule has 5 nitrogen and oxygen atoms in total. The van der Waals surface area contributed by atoms with Gasteiger partial charge in [0, 0.05) is 25.0 Å². The van der Waals surface area contributed by atoms with Crippen molar-refractivity contribution in [3.05, 3.63) is 53.9 Å².